The molecular weight excluding hydrogens is 280 g/mol. The van der Waals surface area contributed by atoms with Crippen LogP contribution in [0.1, 0.15) is 25.8 Å². The monoisotopic (exact) mass is 294 g/mol. The summed E-state index contributed by atoms with van der Waals surface area (Å²) < 4.78 is 0.883. The maximum absolute atomic E-state index is 9.68. The van der Waals surface area contributed by atoms with E-state index in [4.69, 9.17) is 5.26 Å². The molecule has 1 aliphatic carbocycles. The van der Waals surface area contributed by atoms with Crippen LogP contribution in [0.2, 0.25) is 0 Å². The Morgan fingerprint density at radius 3 is 2.71 bits per heavy atom. The van der Waals surface area contributed by atoms with E-state index in [1.807, 2.05) is 6.07 Å². The summed E-state index contributed by atoms with van der Waals surface area (Å²) in [6.07, 6.45) is 0.525. The third-order valence-electron chi connectivity index (χ3n) is 3.64. The van der Waals surface area contributed by atoms with Crippen molar-refractivity contribution in [3.63, 3.8) is 0 Å². The fourth-order valence-corrected chi connectivity index (χ4v) is 2.53. The van der Waals surface area contributed by atoms with Crippen LogP contribution in [0.25, 0.3) is 0 Å². The lowest BCUT2D eigenvalue weighted by atomic mass is 9.64. The molecule has 1 aromatic rings. The fourth-order valence-electron chi connectivity index (χ4n) is 2.04. The number of nitrogens with one attached hydrogen (secondary N) is 1. The van der Waals surface area contributed by atoms with E-state index in [2.05, 4.69) is 41.2 Å². The normalized spacial score (nSPS) is 25.8. The van der Waals surface area contributed by atoms with E-state index >= 15 is 0 Å². The summed E-state index contributed by atoms with van der Waals surface area (Å²) in [5, 5.41) is 21.9. The molecule has 0 amide bonds. The van der Waals surface area contributed by atoms with E-state index in [0.717, 1.165) is 16.6 Å². The smallest absolute Gasteiger partial charge is 0.0992 e. The van der Waals surface area contributed by atoms with Crippen LogP contribution in [0, 0.1) is 16.7 Å². The Hall–Kier alpha value is -1.05. The predicted molar refractivity (Wildman–Crippen MR) is 70.7 cm³/mol. The number of benzene rings is 1. The Kier molecular flexibility index (Phi) is 3.15. The largest absolute Gasteiger partial charge is 0.392 e. The molecular formula is C13H15BrN2O. The number of aliphatic hydroxyl groups excluding tert-OH is 1. The second-order valence-corrected chi connectivity index (χ2v) is 5.93. The van der Waals surface area contributed by atoms with Crippen LogP contribution >= 0.6 is 15.9 Å². The number of rotatable bonds is 2. The molecule has 4 heteroatoms. The van der Waals surface area contributed by atoms with Crippen LogP contribution < -0.4 is 5.32 Å². The molecule has 0 heterocycles. The van der Waals surface area contributed by atoms with Gasteiger partial charge in [-0.05, 0) is 40.5 Å². The zero-order chi connectivity index (χ0) is 12.6. The highest BCUT2D eigenvalue weighted by atomic mass is 79.9. The molecule has 2 rings (SSSR count). The van der Waals surface area contributed by atoms with E-state index in [-0.39, 0.29) is 17.6 Å². The van der Waals surface area contributed by atoms with Gasteiger partial charge in [-0.3, -0.25) is 0 Å². The second-order valence-electron chi connectivity index (χ2n) is 5.08. The summed E-state index contributed by atoms with van der Waals surface area (Å²) >= 11 is 3.45. The van der Waals surface area contributed by atoms with Crippen molar-refractivity contribution in [3.05, 3.63) is 28.2 Å². The second kappa shape index (κ2) is 4.32. The minimum atomic E-state index is -0.239. The molecule has 3 nitrogen and oxygen atoms in total. The van der Waals surface area contributed by atoms with Crippen LogP contribution in [-0.2, 0) is 0 Å². The standard InChI is InChI=1S/C13H15BrN2O/c1-13(2)11(6-12(13)17)16-10-4-3-8(7-15)5-9(10)14/h3-5,11-12,16-17H,6H2,1-2H3. The summed E-state index contributed by atoms with van der Waals surface area (Å²) in [4.78, 5) is 0. The Morgan fingerprint density at radius 1 is 1.53 bits per heavy atom. The van der Waals surface area contributed by atoms with Gasteiger partial charge >= 0.3 is 0 Å². The van der Waals surface area contributed by atoms with Crippen molar-refractivity contribution in [2.45, 2.75) is 32.4 Å². The topological polar surface area (TPSA) is 56.0 Å². The Balaban J connectivity index is 2.13. The van der Waals surface area contributed by atoms with Gasteiger partial charge in [0.15, 0.2) is 0 Å². The van der Waals surface area contributed by atoms with E-state index in [9.17, 15) is 5.11 Å². The quantitative estimate of drug-likeness (QED) is 0.882. The number of anilines is 1. The minimum Gasteiger partial charge on any atom is -0.392 e. The summed E-state index contributed by atoms with van der Waals surface area (Å²) in [5.74, 6) is 0. The van der Waals surface area contributed by atoms with Crippen molar-refractivity contribution >= 4 is 21.6 Å². The summed E-state index contributed by atoms with van der Waals surface area (Å²) in [6, 6.07) is 7.84. The van der Waals surface area contributed by atoms with Crippen molar-refractivity contribution < 1.29 is 5.11 Å². The molecule has 17 heavy (non-hydrogen) atoms. The molecule has 2 unspecified atom stereocenters. The molecule has 1 saturated carbocycles. The average Bonchev–Trinajstić information content (AvgIpc) is 2.30. The SMILES string of the molecule is CC1(C)C(O)CC1Nc1ccc(C#N)cc1Br. The first-order valence-corrected chi connectivity index (χ1v) is 6.38. The lowest BCUT2D eigenvalue weighted by Crippen LogP contribution is -2.56. The van der Waals surface area contributed by atoms with Gasteiger partial charge < -0.3 is 10.4 Å². The van der Waals surface area contributed by atoms with Crippen molar-refractivity contribution in [2.75, 3.05) is 5.32 Å². The number of hydrogen-bond acceptors (Lipinski definition) is 3. The first-order valence-electron chi connectivity index (χ1n) is 5.59. The van der Waals surface area contributed by atoms with E-state index in [1.54, 1.807) is 12.1 Å². The van der Waals surface area contributed by atoms with Crippen LogP contribution in [0.3, 0.4) is 0 Å². The third-order valence-corrected chi connectivity index (χ3v) is 4.30. The molecule has 0 saturated heterocycles. The summed E-state index contributed by atoms with van der Waals surface area (Å²) in [6.45, 7) is 4.10. The molecule has 0 spiro atoms. The number of nitrogens with zero attached hydrogens (tertiary/aromatic N) is 1. The van der Waals surface area contributed by atoms with E-state index in [0.29, 0.717) is 5.56 Å². The van der Waals surface area contributed by atoms with Gasteiger partial charge in [-0.15, -0.1) is 0 Å². The van der Waals surface area contributed by atoms with Crippen LogP contribution in [0.5, 0.6) is 0 Å². The zero-order valence-corrected chi connectivity index (χ0v) is 11.5. The minimum absolute atomic E-state index is 0.104. The molecule has 1 fully saturated rings. The number of aliphatic hydroxyl groups is 1. The van der Waals surface area contributed by atoms with Crippen LogP contribution in [-0.4, -0.2) is 17.3 Å². The number of nitriles is 1. The van der Waals surface area contributed by atoms with Gasteiger partial charge in [0, 0.05) is 21.6 Å². The van der Waals surface area contributed by atoms with E-state index in [1.165, 1.54) is 0 Å². The lowest BCUT2D eigenvalue weighted by molar-refractivity contribution is -0.0510. The van der Waals surface area contributed by atoms with Gasteiger partial charge in [-0.2, -0.15) is 5.26 Å². The highest BCUT2D eigenvalue weighted by molar-refractivity contribution is 9.10. The Labute approximate surface area is 110 Å². The maximum Gasteiger partial charge on any atom is 0.0992 e. The van der Waals surface area contributed by atoms with Gasteiger partial charge in [-0.25, -0.2) is 0 Å². The summed E-state index contributed by atoms with van der Waals surface area (Å²) in [7, 11) is 0. The van der Waals surface area contributed by atoms with Crippen molar-refractivity contribution in [1.29, 1.82) is 5.26 Å². The fraction of sp³-hybridized carbons (Fsp3) is 0.462. The highest BCUT2D eigenvalue weighted by Crippen LogP contribution is 2.43. The Bertz CT molecular complexity index is 479. The average molecular weight is 295 g/mol. The van der Waals surface area contributed by atoms with E-state index < -0.39 is 0 Å². The van der Waals surface area contributed by atoms with Crippen molar-refractivity contribution in [1.82, 2.24) is 0 Å². The molecule has 0 radical (unpaired) electrons. The molecule has 2 N–H and O–H groups in total. The van der Waals surface area contributed by atoms with Crippen LogP contribution in [0.15, 0.2) is 22.7 Å². The molecule has 0 aromatic heterocycles. The predicted octanol–water partition coefficient (Wildman–Crippen LogP) is 2.89. The van der Waals surface area contributed by atoms with Gasteiger partial charge in [0.1, 0.15) is 0 Å². The number of halogens is 1. The molecule has 1 aromatic carbocycles. The van der Waals surface area contributed by atoms with Gasteiger partial charge in [0.25, 0.3) is 0 Å². The van der Waals surface area contributed by atoms with Crippen molar-refractivity contribution in [2.24, 2.45) is 5.41 Å². The first-order chi connectivity index (χ1) is 7.95. The molecule has 1 aliphatic rings. The number of hydrogen-bond donors (Lipinski definition) is 2. The summed E-state index contributed by atoms with van der Waals surface area (Å²) in [5.41, 5.74) is 1.50. The highest BCUT2D eigenvalue weighted by Gasteiger charge is 2.47. The molecule has 90 valence electrons. The van der Waals surface area contributed by atoms with Gasteiger partial charge in [0.2, 0.25) is 0 Å². The molecule has 0 bridgehead atoms. The van der Waals surface area contributed by atoms with Crippen molar-refractivity contribution in [3.8, 4) is 6.07 Å². The lowest BCUT2D eigenvalue weighted by Gasteiger charge is -2.50. The first kappa shape index (κ1) is 12.4. The van der Waals surface area contributed by atoms with Gasteiger partial charge in [0.05, 0.1) is 17.7 Å². The zero-order valence-electron chi connectivity index (χ0n) is 9.87. The van der Waals surface area contributed by atoms with Crippen LogP contribution in [0.4, 0.5) is 5.69 Å². The molecule has 2 atom stereocenters. The Morgan fingerprint density at radius 2 is 2.24 bits per heavy atom. The third kappa shape index (κ3) is 2.18. The van der Waals surface area contributed by atoms with Gasteiger partial charge in [-0.1, -0.05) is 13.8 Å². The maximum atomic E-state index is 9.68. The molecule has 0 aliphatic heterocycles.